The summed E-state index contributed by atoms with van der Waals surface area (Å²) in [7, 11) is -4.64. The topological polar surface area (TPSA) is 193 Å². The molecule has 2 saturated heterocycles. The summed E-state index contributed by atoms with van der Waals surface area (Å²) in [6, 6.07) is -1.65. The standard InChI is InChI=1S/C13H14N8O6S5.Na.H/c14-10-15-16-11(30-10)20(6(22)3-28)12-17-18-13(31-12)29-4-7(23)19-2-1-5-8(19)9(24)21(5)32(25,26)27;;/h5,8,28H,1-4H2,(H2,14,15)(H,25,26,27);;/t5-,8+;;/m1../s1. The Balaban J connectivity index is 0.00000306. The number of anilines is 3. The van der Waals surface area contributed by atoms with Gasteiger partial charge in [0, 0.05) is 6.54 Å². The van der Waals surface area contributed by atoms with E-state index in [1.807, 2.05) is 0 Å². The number of β-lactam (4-membered cyclic amide) rings is 1. The van der Waals surface area contributed by atoms with E-state index in [2.05, 4.69) is 33.0 Å². The van der Waals surface area contributed by atoms with Crippen molar-refractivity contribution >= 4 is 120 Å². The van der Waals surface area contributed by atoms with Crippen LogP contribution in [0.4, 0.5) is 15.4 Å². The summed E-state index contributed by atoms with van der Waals surface area (Å²) < 4.78 is 32.5. The van der Waals surface area contributed by atoms with Gasteiger partial charge in [0.05, 0.1) is 17.5 Å². The van der Waals surface area contributed by atoms with Gasteiger partial charge in [-0.2, -0.15) is 21.0 Å². The van der Waals surface area contributed by atoms with Crippen molar-refractivity contribution in [1.29, 1.82) is 0 Å². The zero-order valence-electron chi connectivity index (χ0n) is 15.8. The molecule has 4 rings (SSSR count). The molecule has 2 atom stereocenters. The van der Waals surface area contributed by atoms with Crippen LogP contribution in [0.5, 0.6) is 0 Å². The molecule has 2 aromatic rings. The fourth-order valence-electron chi connectivity index (χ4n) is 3.34. The molecule has 2 aliphatic rings. The molecule has 0 bridgehead atoms. The molecule has 3 amide bonds. The summed E-state index contributed by atoms with van der Waals surface area (Å²) in [5.74, 6) is -1.83. The second-order valence-corrected chi connectivity index (χ2v) is 11.2. The van der Waals surface area contributed by atoms with E-state index in [1.54, 1.807) is 0 Å². The number of carbonyl (C=O) groups is 3. The predicted octanol–water partition coefficient (Wildman–Crippen LogP) is -1.38. The molecule has 0 saturated carbocycles. The molecule has 14 nitrogen and oxygen atoms in total. The molecule has 0 aliphatic carbocycles. The summed E-state index contributed by atoms with van der Waals surface area (Å²) in [5.41, 5.74) is 5.58. The second kappa shape index (κ2) is 10.3. The third-order valence-electron chi connectivity index (χ3n) is 4.62. The van der Waals surface area contributed by atoms with E-state index in [0.717, 1.165) is 34.4 Å². The van der Waals surface area contributed by atoms with Crippen molar-refractivity contribution < 1.29 is 27.4 Å². The second-order valence-electron chi connectivity index (χ2n) is 6.45. The van der Waals surface area contributed by atoms with Gasteiger partial charge in [-0.3, -0.25) is 18.9 Å². The number of hydrogen-bond acceptors (Lipinski definition) is 14. The number of carbonyl (C=O) groups excluding carboxylic acids is 3. The molecule has 0 unspecified atom stereocenters. The van der Waals surface area contributed by atoms with Crippen LogP contribution in [0.2, 0.25) is 0 Å². The number of hydrogen-bond donors (Lipinski definition) is 3. The van der Waals surface area contributed by atoms with E-state index < -0.39 is 34.2 Å². The first-order valence-electron chi connectivity index (χ1n) is 8.71. The van der Waals surface area contributed by atoms with Gasteiger partial charge in [0.2, 0.25) is 27.2 Å². The fourth-order valence-corrected chi connectivity index (χ4v) is 6.81. The number of thioether (sulfide) groups is 1. The van der Waals surface area contributed by atoms with Crippen molar-refractivity contribution in [3.8, 4) is 0 Å². The number of nitrogen functional groups attached to an aromatic ring is 1. The normalized spacial score (nSPS) is 19.6. The van der Waals surface area contributed by atoms with Crippen LogP contribution in [0.15, 0.2) is 4.34 Å². The van der Waals surface area contributed by atoms with E-state index in [9.17, 15) is 22.8 Å². The van der Waals surface area contributed by atoms with Gasteiger partial charge in [0.1, 0.15) is 6.04 Å². The minimum absolute atomic E-state index is 0. The molecule has 0 aromatic carbocycles. The van der Waals surface area contributed by atoms with Crippen LogP contribution >= 0.6 is 47.1 Å². The predicted molar refractivity (Wildman–Crippen MR) is 125 cm³/mol. The first-order valence-corrected chi connectivity index (χ1v) is 13.4. The van der Waals surface area contributed by atoms with Crippen molar-refractivity contribution in [2.75, 3.05) is 28.7 Å². The Morgan fingerprint density at radius 2 is 1.91 bits per heavy atom. The first kappa shape index (κ1) is 26.5. The van der Waals surface area contributed by atoms with Crippen molar-refractivity contribution in [3.05, 3.63) is 0 Å². The summed E-state index contributed by atoms with van der Waals surface area (Å²) in [6.45, 7) is 0.191. The average Bonchev–Trinajstić information content (AvgIpc) is 3.44. The number of thiol groups is 1. The Morgan fingerprint density at radius 3 is 2.52 bits per heavy atom. The Hall–Kier alpha value is -1.06. The van der Waals surface area contributed by atoms with Crippen LogP contribution < -0.4 is 10.6 Å². The maximum atomic E-state index is 12.6. The van der Waals surface area contributed by atoms with Crippen LogP contribution in [-0.4, -0.2) is 120 Å². The fraction of sp³-hybridized carbons (Fsp3) is 0.462. The van der Waals surface area contributed by atoms with Gasteiger partial charge in [0.25, 0.3) is 5.91 Å². The third-order valence-corrected chi connectivity index (χ3v) is 8.60. The Morgan fingerprint density at radius 1 is 1.24 bits per heavy atom. The Labute approximate surface area is 226 Å². The van der Waals surface area contributed by atoms with Gasteiger partial charge in [-0.25, -0.2) is 9.21 Å². The van der Waals surface area contributed by atoms with Gasteiger partial charge in [-0.15, -0.1) is 20.4 Å². The van der Waals surface area contributed by atoms with E-state index >= 15 is 0 Å². The Kier molecular flexibility index (Phi) is 8.27. The molecule has 174 valence electrons. The summed E-state index contributed by atoms with van der Waals surface area (Å²) in [5, 5.41) is 16.0. The van der Waals surface area contributed by atoms with Gasteiger partial charge in [0.15, 0.2) is 4.34 Å². The molecule has 3 N–H and O–H groups in total. The van der Waals surface area contributed by atoms with Gasteiger partial charge in [-0.05, 0) is 6.42 Å². The molecule has 2 fully saturated rings. The molecular formula is C13H15N8NaO6S5. The number of nitrogens with two attached hydrogens (primary N) is 1. The van der Waals surface area contributed by atoms with Crippen molar-refractivity contribution in [2.45, 2.75) is 22.8 Å². The summed E-state index contributed by atoms with van der Waals surface area (Å²) >= 11 is 7.08. The number of aromatic nitrogens is 4. The van der Waals surface area contributed by atoms with Gasteiger partial charge >= 0.3 is 39.9 Å². The van der Waals surface area contributed by atoms with Gasteiger partial charge < -0.3 is 10.6 Å². The Bertz CT molecular complexity index is 1190. The first-order chi connectivity index (χ1) is 15.1. The monoisotopic (exact) mass is 562 g/mol. The molecular weight excluding hydrogens is 548 g/mol. The van der Waals surface area contributed by atoms with E-state index in [4.69, 9.17) is 10.3 Å². The molecule has 20 heteroatoms. The quantitative estimate of drug-likeness (QED) is 0.0896. The zero-order chi connectivity index (χ0) is 23.2. The summed E-state index contributed by atoms with van der Waals surface area (Å²) in [4.78, 5) is 39.5. The van der Waals surface area contributed by atoms with E-state index in [-0.39, 0.29) is 75.3 Å². The van der Waals surface area contributed by atoms with Gasteiger partial charge in [-0.1, -0.05) is 34.4 Å². The average molecular weight is 563 g/mol. The van der Waals surface area contributed by atoms with Crippen LogP contribution in [0.3, 0.4) is 0 Å². The van der Waals surface area contributed by atoms with E-state index in [1.165, 1.54) is 9.80 Å². The van der Waals surface area contributed by atoms with Crippen LogP contribution in [0, 0.1) is 0 Å². The zero-order valence-corrected chi connectivity index (χ0v) is 19.9. The number of amides is 3. The molecule has 0 spiro atoms. The molecule has 0 radical (unpaired) electrons. The molecule has 2 aromatic heterocycles. The van der Waals surface area contributed by atoms with Crippen molar-refractivity contribution in [2.24, 2.45) is 0 Å². The SMILES string of the molecule is Nc1nnc(N(C(=O)CS)c2nnc(SCC(=O)N3CC[C@@H]4[C@H]3C(=O)N4S(=O)(=O)O)s2)s1.[NaH]. The van der Waals surface area contributed by atoms with Crippen LogP contribution in [0.1, 0.15) is 6.42 Å². The molecule has 4 heterocycles. The van der Waals surface area contributed by atoms with Crippen molar-refractivity contribution in [1.82, 2.24) is 29.6 Å². The number of rotatable bonds is 7. The van der Waals surface area contributed by atoms with Crippen LogP contribution in [-0.2, 0) is 24.7 Å². The molecule has 33 heavy (non-hydrogen) atoms. The maximum absolute atomic E-state index is 12.6. The van der Waals surface area contributed by atoms with E-state index in [0.29, 0.717) is 8.64 Å². The minimum atomic E-state index is -4.64. The summed E-state index contributed by atoms with van der Waals surface area (Å²) in [6.07, 6.45) is 0.251. The van der Waals surface area contributed by atoms with Crippen LogP contribution in [0.25, 0.3) is 0 Å². The molecule has 2 aliphatic heterocycles. The van der Waals surface area contributed by atoms with Crippen molar-refractivity contribution in [3.63, 3.8) is 0 Å². The number of likely N-dealkylation sites (tertiary alicyclic amines) is 1. The third kappa shape index (κ3) is 5.15. The number of fused-ring (bicyclic) bond motifs is 1. The number of nitrogens with zero attached hydrogens (tertiary/aromatic N) is 7.